The number of ether oxygens (including phenoxy) is 1. The molecule has 1 aliphatic rings. The third-order valence-electron chi connectivity index (χ3n) is 5.80. The lowest BCUT2D eigenvalue weighted by atomic mass is 9.95. The summed E-state index contributed by atoms with van der Waals surface area (Å²) >= 11 is 0. The second-order valence-electron chi connectivity index (χ2n) is 7.68. The number of nitrogens with zero attached hydrogens (tertiary/aromatic N) is 1. The van der Waals surface area contributed by atoms with Crippen LogP contribution in [0.2, 0.25) is 0 Å². The minimum atomic E-state index is -0.457. The van der Waals surface area contributed by atoms with E-state index in [0.29, 0.717) is 5.82 Å². The maximum absolute atomic E-state index is 13.1. The number of amides is 1. The highest BCUT2D eigenvalue weighted by Crippen LogP contribution is 2.49. The Bertz CT molecular complexity index is 1030. The molecule has 0 unspecified atom stereocenters. The van der Waals surface area contributed by atoms with Crippen LogP contribution >= 0.6 is 0 Å². The molecule has 0 aliphatic heterocycles. The zero-order chi connectivity index (χ0) is 20.4. The van der Waals surface area contributed by atoms with E-state index in [-0.39, 0.29) is 7.33 Å². The molecule has 1 aliphatic carbocycles. The van der Waals surface area contributed by atoms with Crippen molar-refractivity contribution >= 4 is 11.7 Å². The maximum atomic E-state index is 13.1. The summed E-state index contributed by atoms with van der Waals surface area (Å²) in [5.74, 6) is 1.39. The topological polar surface area (TPSA) is 51.2 Å². The average molecular weight is 389 g/mol. The number of pyridine rings is 1. The lowest BCUT2D eigenvalue weighted by Crippen LogP contribution is -2.28. The largest absolute Gasteiger partial charge is 0.497 e. The summed E-state index contributed by atoms with van der Waals surface area (Å²) in [5.41, 5.74) is 4.92. The molecule has 0 bridgehead atoms. The molecular formula is C25H28N2O2. The normalized spacial score (nSPS) is 14.3. The third-order valence-corrected chi connectivity index (χ3v) is 5.80. The molecule has 150 valence electrons. The Labute approximate surface area is 173 Å². The van der Waals surface area contributed by atoms with Gasteiger partial charge >= 0.3 is 0 Å². The molecular weight excluding hydrogens is 360 g/mol. The van der Waals surface area contributed by atoms with Crippen LogP contribution in [-0.4, -0.2) is 18.0 Å². The summed E-state index contributed by atoms with van der Waals surface area (Å²) in [6, 6.07) is 20.1. The fraction of sp³-hybridized carbons (Fsp3) is 0.280. The Kier molecular flexibility index (Phi) is 5.10. The van der Waals surface area contributed by atoms with E-state index in [4.69, 9.17) is 9.72 Å². The molecule has 0 spiro atoms. The van der Waals surface area contributed by atoms with Gasteiger partial charge in [-0.1, -0.05) is 49.4 Å². The molecule has 0 atom stereocenters. The molecule has 2 aromatic carbocycles. The van der Waals surface area contributed by atoms with Gasteiger partial charge in [-0.15, -0.1) is 0 Å². The molecule has 29 heavy (non-hydrogen) atoms. The second-order valence-corrected chi connectivity index (χ2v) is 7.68. The first kappa shape index (κ1) is 19.2. The van der Waals surface area contributed by atoms with Gasteiger partial charge in [-0.25, -0.2) is 4.98 Å². The van der Waals surface area contributed by atoms with Gasteiger partial charge in [-0.05, 0) is 61.1 Å². The Balaban J connectivity index is 0.00000256. The molecule has 0 saturated heterocycles. The Morgan fingerprint density at radius 2 is 1.76 bits per heavy atom. The van der Waals surface area contributed by atoms with Crippen molar-refractivity contribution in [1.82, 2.24) is 4.98 Å². The van der Waals surface area contributed by atoms with E-state index in [9.17, 15) is 4.79 Å². The summed E-state index contributed by atoms with van der Waals surface area (Å²) in [5, 5.41) is 3.05. The monoisotopic (exact) mass is 388 g/mol. The SMILES string of the molecule is CCc1ccc(-c2nc(NC(=O)C3(c4ccc(OC)cc4)CC3)ccc2C)cc1.[HH]. The fourth-order valence-corrected chi connectivity index (χ4v) is 3.71. The van der Waals surface area contributed by atoms with Crippen molar-refractivity contribution in [2.75, 3.05) is 12.4 Å². The van der Waals surface area contributed by atoms with Crippen molar-refractivity contribution in [3.05, 3.63) is 77.4 Å². The van der Waals surface area contributed by atoms with E-state index in [1.807, 2.05) is 43.3 Å². The summed E-state index contributed by atoms with van der Waals surface area (Å²) < 4.78 is 5.23. The first-order valence-corrected chi connectivity index (χ1v) is 10.1. The zero-order valence-corrected chi connectivity index (χ0v) is 17.2. The van der Waals surface area contributed by atoms with Crippen LogP contribution in [0.3, 0.4) is 0 Å². The first-order valence-electron chi connectivity index (χ1n) is 10.1. The van der Waals surface area contributed by atoms with Gasteiger partial charge < -0.3 is 10.1 Å². The standard InChI is InChI=1S/C25H26N2O2.H2/c1-4-18-6-8-19(9-7-18)23-17(2)5-14-22(26-23)27-24(28)25(15-16-25)20-10-12-21(29-3)13-11-20;/h5-14H,4,15-16H2,1-3H3,(H,26,27,28);1H. The zero-order valence-electron chi connectivity index (χ0n) is 17.2. The molecule has 1 fully saturated rings. The van der Waals surface area contributed by atoms with Crippen LogP contribution in [0.25, 0.3) is 11.3 Å². The van der Waals surface area contributed by atoms with Crippen LogP contribution in [0.15, 0.2) is 60.7 Å². The Morgan fingerprint density at radius 3 is 2.34 bits per heavy atom. The highest BCUT2D eigenvalue weighted by atomic mass is 16.5. The van der Waals surface area contributed by atoms with Crippen molar-refractivity contribution < 1.29 is 11.0 Å². The Hall–Kier alpha value is -3.14. The quantitative estimate of drug-likeness (QED) is 0.603. The molecule has 4 nitrogen and oxygen atoms in total. The lowest BCUT2D eigenvalue weighted by Gasteiger charge is -2.17. The van der Waals surface area contributed by atoms with E-state index in [2.05, 4.69) is 36.5 Å². The molecule has 4 heteroatoms. The van der Waals surface area contributed by atoms with Crippen molar-refractivity contribution in [3.8, 4) is 17.0 Å². The predicted molar refractivity (Wildman–Crippen MR) is 118 cm³/mol. The van der Waals surface area contributed by atoms with Crippen LogP contribution in [0.4, 0.5) is 5.82 Å². The number of hydrogen-bond donors (Lipinski definition) is 1. The summed E-state index contributed by atoms with van der Waals surface area (Å²) in [7, 11) is 1.64. The highest BCUT2D eigenvalue weighted by Gasteiger charge is 2.51. The third kappa shape index (κ3) is 3.75. The van der Waals surface area contributed by atoms with E-state index in [1.54, 1.807) is 7.11 Å². The predicted octanol–water partition coefficient (Wildman–Crippen LogP) is 5.54. The van der Waals surface area contributed by atoms with Gasteiger partial charge in [-0.2, -0.15) is 0 Å². The summed E-state index contributed by atoms with van der Waals surface area (Å²) in [6.45, 7) is 4.19. The van der Waals surface area contributed by atoms with E-state index in [1.165, 1.54) is 5.56 Å². The van der Waals surface area contributed by atoms with Gasteiger partial charge in [0, 0.05) is 6.99 Å². The van der Waals surface area contributed by atoms with Gasteiger partial charge in [0.05, 0.1) is 18.2 Å². The van der Waals surface area contributed by atoms with Gasteiger partial charge in [0.25, 0.3) is 0 Å². The molecule has 1 N–H and O–H groups in total. The number of carbonyl (C=O) groups excluding carboxylic acids is 1. The van der Waals surface area contributed by atoms with Crippen LogP contribution in [0, 0.1) is 6.92 Å². The van der Waals surface area contributed by atoms with E-state index >= 15 is 0 Å². The van der Waals surface area contributed by atoms with Gasteiger partial charge in [0.15, 0.2) is 0 Å². The minimum Gasteiger partial charge on any atom is -0.497 e. The van der Waals surface area contributed by atoms with E-state index < -0.39 is 5.41 Å². The van der Waals surface area contributed by atoms with Gasteiger partial charge in [0.1, 0.15) is 11.6 Å². The Morgan fingerprint density at radius 1 is 1.07 bits per heavy atom. The lowest BCUT2D eigenvalue weighted by molar-refractivity contribution is -0.118. The number of benzene rings is 2. The van der Waals surface area contributed by atoms with Gasteiger partial charge in [-0.3, -0.25) is 4.79 Å². The number of nitrogens with one attached hydrogen (secondary N) is 1. The van der Waals surface area contributed by atoms with E-state index in [0.717, 1.165) is 47.4 Å². The summed E-state index contributed by atoms with van der Waals surface area (Å²) in [6.07, 6.45) is 2.71. The van der Waals surface area contributed by atoms with Crippen molar-refractivity contribution in [1.29, 1.82) is 0 Å². The number of aromatic nitrogens is 1. The van der Waals surface area contributed by atoms with Crippen LogP contribution in [-0.2, 0) is 16.6 Å². The highest BCUT2D eigenvalue weighted by molar-refractivity contribution is 6.01. The van der Waals surface area contributed by atoms with Crippen molar-refractivity contribution in [3.63, 3.8) is 0 Å². The van der Waals surface area contributed by atoms with Crippen molar-refractivity contribution in [2.24, 2.45) is 0 Å². The molecule has 0 radical (unpaired) electrons. The second kappa shape index (κ2) is 7.70. The molecule has 4 rings (SSSR count). The average Bonchev–Trinajstić information content (AvgIpc) is 3.57. The molecule has 1 aromatic heterocycles. The first-order chi connectivity index (χ1) is 14.1. The molecule has 1 heterocycles. The van der Waals surface area contributed by atoms with Crippen molar-refractivity contribution in [2.45, 2.75) is 38.5 Å². The number of anilines is 1. The number of hydrogen-bond acceptors (Lipinski definition) is 3. The van der Waals surface area contributed by atoms with Crippen LogP contribution in [0.5, 0.6) is 5.75 Å². The van der Waals surface area contributed by atoms with Crippen LogP contribution in [0.1, 0.15) is 37.9 Å². The smallest absolute Gasteiger partial charge is 0.236 e. The molecule has 3 aromatic rings. The minimum absolute atomic E-state index is 0. The molecule has 1 saturated carbocycles. The molecule has 1 amide bonds. The number of rotatable bonds is 6. The van der Waals surface area contributed by atoms with Gasteiger partial charge in [0.2, 0.25) is 5.91 Å². The maximum Gasteiger partial charge on any atom is 0.236 e. The number of aryl methyl sites for hydroxylation is 2. The fourth-order valence-electron chi connectivity index (χ4n) is 3.71. The summed E-state index contributed by atoms with van der Waals surface area (Å²) in [4.78, 5) is 17.8. The number of carbonyl (C=O) groups is 1. The number of methoxy groups -OCH3 is 1. The van der Waals surface area contributed by atoms with Crippen LogP contribution < -0.4 is 10.1 Å².